The Kier molecular flexibility index (Phi) is 9.36. The van der Waals surface area contributed by atoms with Crippen molar-refractivity contribution in [1.82, 2.24) is 9.80 Å². The molecule has 36 heavy (non-hydrogen) atoms. The summed E-state index contributed by atoms with van der Waals surface area (Å²) in [5, 5.41) is 7.80. The lowest BCUT2D eigenvalue weighted by Gasteiger charge is -2.42. The number of nitrogens with zero attached hydrogens (tertiary/aromatic N) is 3. The summed E-state index contributed by atoms with van der Waals surface area (Å²) in [6.45, 7) is 8.85. The number of rotatable bonds is 11. The van der Waals surface area contributed by atoms with Gasteiger partial charge in [-0.25, -0.2) is 4.79 Å². The summed E-state index contributed by atoms with van der Waals surface area (Å²) in [6.07, 6.45) is 4.38. The lowest BCUT2D eigenvalue weighted by atomic mass is 9.94. The van der Waals surface area contributed by atoms with Crippen LogP contribution in [0.2, 0.25) is 0 Å². The second-order valence-electron chi connectivity index (χ2n) is 10.3. The van der Waals surface area contributed by atoms with Crippen molar-refractivity contribution in [3.05, 3.63) is 65.7 Å². The van der Waals surface area contributed by atoms with Gasteiger partial charge in [0.1, 0.15) is 5.84 Å². The quantitative estimate of drug-likeness (QED) is 0.274. The van der Waals surface area contributed by atoms with Gasteiger partial charge in [0, 0.05) is 50.0 Å². The summed E-state index contributed by atoms with van der Waals surface area (Å²) >= 11 is 0. The number of anilines is 1. The number of nitrogens with one attached hydrogen (secondary N) is 1. The minimum atomic E-state index is 0.0138. The first-order chi connectivity index (χ1) is 17.5. The molecule has 2 aromatic carbocycles. The number of ether oxygens (including phenoxy) is 1. The van der Waals surface area contributed by atoms with Crippen molar-refractivity contribution in [3.8, 4) is 0 Å². The van der Waals surface area contributed by atoms with Gasteiger partial charge in [0.15, 0.2) is 0 Å². The van der Waals surface area contributed by atoms with Crippen molar-refractivity contribution in [1.29, 1.82) is 5.41 Å². The number of urea groups is 1. The minimum Gasteiger partial charge on any atom is -0.384 e. The third-order valence-corrected chi connectivity index (χ3v) is 7.32. The van der Waals surface area contributed by atoms with Gasteiger partial charge in [0.05, 0.1) is 6.61 Å². The Hall–Kier alpha value is -2.90. The number of hydrogen-bond acceptors (Lipinski definition) is 4. The molecule has 7 heteroatoms. The van der Waals surface area contributed by atoms with E-state index in [9.17, 15) is 4.79 Å². The molecule has 0 bridgehead atoms. The average Bonchev–Trinajstić information content (AvgIpc) is 2.90. The maximum absolute atomic E-state index is 13.6. The lowest BCUT2D eigenvalue weighted by Crippen LogP contribution is -2.56. The Bertz CT molecular complexity index is 990. The van der Waals surface area contributed by atoms with E-state index in [-0.39, 0.29) is 17.8 Å². The highest BCUT2D eigenvalue weighted by Gasteiger charge is 2.34. The fourth-order valence-electron chi connectivity index (χ4n) is 5.25. The van der Waals surface area contributed by atoms with E-state index in [0.29, 0.717) is 24.6 Å². The lowest BCUT2D eigenvalue weighted by molar-refractivity contribution is 0.0715. The maximum Gasteiger partial charge on any atom is 0.324 e. The zero-order valence-corrected chi connectivity index (χ0v) is 21.6. The molecule has 3 N–H and O–H groups in total. The van der Waals surface area contributed by atoms with E-state index in [1.165, 1.54) is 5.56 Å². The van der Waals surface area contributed by atoms with E-state index in [2.05, 4.69) is 42.2 Å². The van der Waals surface area contributed by atoms with Gasteiger partial charge in [-0.2, -0.15) is 0 Å². The smallest absolute Gasteiger partial charge is 0.324 e. The summed E-state index contributed by atoms with van der Waals surface area (Å²) in [7, 11) is 0. The summed E-state index contributed by atoms with van der Waals surface area (Å²) in [5.41, 5.74) is 8.52. The van der Waals surface area contributed by atoms with E-state index < -0.39 is 0 Å². The van der Waals surface area contributed by atoms with Crippen LogP contribution in [0.15, 0.2) is 54.6 Å². The van der Waals surface area contributed by atoms with Crippen LogP contribution in [0.1, 0.15) is 43.7 Å². The first-order valence-electron chi connectivity index (χ1n) is 13.4. The Balaban J connectivity index is 1.39. The SMILES string of the molecule is CCCCOCC1CN(CC2CCN(Cc3ccccc3)CC2)C(=O)N(c2cccc(C(=N)N)c2)C1. The fraction of sp³-hybridized carbons (Fsp3) is 0.517. The van der Waals surface area contributed by atoms with Gasteiger partial charge in [-0.15, -0.1) is 0 Å². The van der Waals surface area contributed by atoms with Crippen LogP contribution in [0.3, 0.4) is 0 Å². The molecule has 2 heterocycles. The van der Waals surface area contributed by atoms with Crippen molar-refractivity contribution < 1.29 is 9.53 Å². The van der Waals surface area contributed by atoms with Crippen LogP contribution >= 0.6 is 0 Å². The normalized spacial score (nSPS) is 19.6. The average molecular weight is 492 g/mol. The molecule has 2 aliphatic heterocycles. The molecular weight excluding hydrogens is 450 g/mol. The van der Waals surface area contributed by atoms with Gasteiger partial charge >= 0.3 is 6.03 Å². The summed E-state index contributed by atoms with van der Waals surface area (Å²) in [6, 6.07) is 18.2. The van der Waals surface area contributed by atoms with E-state index in [1.807, 2.05) is 34.1 Å². The number of piperidine rings is 1. The molecule has 194 valence electrons. The van der Waals surface area contributed by atoms with E-state index in [4.69, 9.17) is 15.9 Å². The molecule has 2 fully saturated rings. The molecule has 2 amide bonds. The molecule has 1 unspecified atom stereocenters. The van der Waals surface area contributed by atoms with Crippen molar-refractivity contribution in [2.45, 2.75) is 39.2 Å². The monoisotopic (exact) mass is 491 g/mol. The molecule has 0 radical (unpaired) electrons. The van der Waals surface area contributed by atoms with E-state index in [1.54, 1.807) is 0 Å². The van der Waals surface area contributed by atoms with E-state index in [0.717, 1.165) is 70.7 Å². The number of nitrogen functional groups attached to an aromatic ring is 1. The van der Waals surface area contributed by atoms with Crippen LogP contribution in [0.4, 0.5) is 10.5 Å². The predicted octanol–water partition coefficient (Wildman–Crippen LogP) is 4.56. The van der Waals surface area contributed by atoms with Crippen LogP contribution in [0, 0.1) is 17.2 Å². The number of amidine groups is 1. The molecule has 0 aromatic heterocycles. The topological polar surface area (TPSA) is 85.9 Å². The Labute approximate surface area is 215 Å². The van der Waals surface area contributed by atoms with Crippen LogP contribution in [-0.4, -0.2) is 67.6 Å². The molecule has 2 aromatic rings. The van der Waals surface area contributed by atoms with Crippen molar-refractivity contribution >= 4 is 17.6 Å². The Morgan fingerprint density at radius 2 is 1.83 bits per heavy atom. The van der Waals surface area contributed by atoms with Crippen LogP contribution < -0.4 is 10.6 Å². The molecule has 2 aliphatic rings. The number of amides is 2. The molecule has 7 nitrogen and oxygen atoms in total. The van der Waals surface area contributed by atoms with Gasteiger partial charge < -0.3 is 15.4 Å². The Morgan fingerprint density at radius 3 is 2.56 bits per heavy atom. The number of hydrogen-bond donors (Lipinski definition) is 2. The van der Waals surface area contributed by atoms with Crippen LogP contribution in [-0.2, 0) is 11.3 Å². The van der Waals surface area contributed by atoms with Gasteiger partial charge in [-0.3, -0.25) is 15.2 Å². The zero-order chi connectivity index (χ0) is 25.3. The number of carbonyl (C=O) groups excluding carboxylic acids is 1. The second-order valence-corrected chi connectivity index (χ2v) is 10.3. The maximum atomic E-state index is 13.6. The molecular formula is C29H41N5O2. The minimum absolute atomic E-state index is 0.0138. The number of nitrogens with two attached hydrogens (primary N) is 1. The third kappa shape index (κ3) is 7.08. The predicted molar refractivity (Wildman–Crippen MR) is 145 cm³/mol. The van der Waals surface area contributed by atoms with Crippen molar-refractivity contribution in [3.63, 3.8) is 0 Å². The second kappa shape index (κ2) is 12.9. The van der Waals surface area contributed by atoms with Gasteiger partial charge in [0.25, 0.3) is 0 Å². The number of unbranched alkanes of at least 4 members (excludes halogenated alkanes) is 1. The van der Waals surface area contributed by atoms with Gasteiger partial charge in [0.2, 0.25) is 0 Å². The molecule has 2 saturated heterocycles. The molecule has 1 atom stereocenters. The number of likely N-dealkylation sites (tertiary alicyclic amines) is 1. The largest absolute Gasteiger partial charge is 0.384 e. The van der Waals surface area contributed by atoms with Gasteiger partial charge in [-0.1, -0.05) is 55.8 Å². The zero-order valence-electron chi connectivity index (χ0n) is 21.6. The summed E-state index contributed by atoms with van der Waals surface area (Å²) < 4.78 is 5.98. The molecule has 0 spiro atoms. The van der Waals surface area contributed by atoms with Gasteiger partial charge in [-0.05, 0) is 56.0 Å². The molecule has 0 aliphatic carbocycles. The van der Waals surface area contributed by atoms with Crippen molar-refractivity contribution in [2.24, 2.45) is 17.6 Å². The first kappa shape index (κ1) is 26.2. The highest BCUT2D eigenvalue weighted by Crippen LogP contribution is 2.27. The highest BCUT2D eigenvalue weighted by molar-refractivity contribution is 5.98. The van der Waals surface area contributed by atoms with Crippen molar-refractivity contribution in [2.75, 3.05) is 50.8 Å². The third-order valence-electron chi connectivity index (χ3n) is 7.32. The summed E-state index contributed by atoms with van der Waals surface area (Å²) in [4.78, 5) is 20.0. The number of benzene rings is 2. The van der Waals surface area contributed by atoms with Crippen LogP contribution in [0.25, 0.3) is 0 Å². The summed E-state index contributed by atoms with van der Waals surface area (Å²) in [5.74, 6) is 0.768. The number of carbonyl (C=O) groups is 1. The highest BCUT2D eigenvalue weighted by atomic mass is 16.5. The standard InChI is InChI=1S/C29H41N5O2/c1-2-3-16-36-22-25-20-33(29(35)34(21-25)27-11-7-10-26(17-27)28(30)31)19-24-12-14-32(15-13-24)18-23-8-5-4-6-9-23/h4-11,17,24-25H,2-3,12-16,18-22H2,1H3,(H3,30,31). The Morgan fingerprint density at radius 1 is 1.06 bits per heavy atom. The molecule has 4 rings (SSSR count). The fourth-order valence-corrected chi connectivity index (χ4v) is 5.25. The van der Waals surface area contributed by atoms with Crippen LogP contribution in [0.5, 0.6) is 0 Å². The first-order valence-corrected chi connectivity index (χ1v) is 13.4. The molecule has 0 saturated carbocycles. The van der Waals surface area contributed by atoms with E-state index >= 15 is 0 Å².